The molecule has 2 aliphatic rings. The summed E-state index contributed by atoms with van der Waals surface area (Å²) in [6.07, 6.45) is 6.91. The summed E-state index contributed by atoms with van der Waals surface area (Å²) in [5, 5.41) is 9.90. The van der Waals surface area contributed by atoms with E-state index in [0.717, 1.165) is 35.9 Å². The molecule has 1 N–H and O–H groups in total. The molecule has 7 nitrogen and oxygen atoms in total. The zero-order valence-corrected chi connectivity index (χ0v) is 21.4. The smallest absolute Gasteiger partial charge is 0.259 e. The first kappa shape index (κ1) is 25.5. The highest BCUT2D eigenvalue weighted by Crippen LogP contribution is 2.32. The molecule has 0 bridgehead atoms. The first-order chi connectivity index (χ1) is 16.9. The third-order valence-corrected chi connectivity index (χ3v) is 7.46. The number of aromatic nitrogens is 1. The van der Waals surface area contributed by atoms with Crippen LogP contribution in [0.3, 0.4) is 0 Å². The number of nitrogens with zero attached hydrogens (tertiary/aromatic N) is 3. The number of aliphatic hydroxyl groups excluding tert-OH is 1. The van der Waals surface area contributed by atoms with Gasteiger partial charge in [0.25, 0.3) is 5.91 Å². The van der Waals surface area contributed by atoms with Gasteiger partial charge in [-0.15, -0.1) is 0 Å². The molecule has 0 unspecified atom stereocenters. The predicted molar refractivity (Wildman–Crippen MR) is 137 cm³/mol. The van der Waals surface area contributed by atoms with Crippen molar-refractivity contribution in [3.8, 4) is 22.8 Å². The van der Waals surface area contributed by atoms with Crippen LogP contribution in [0.1, 0.15) is 49.9 Å². The van der Waals surface area contributed by atoms with Crippen molar-refractivity contribution in [3.05, 3.63) is 42.1 Å². The van der Waals surface area contributed by atoms with Crippen molar-refractivity contribution in [2.45, 2.75) is 51.7 Å². The molecule has 1 aliphatic heterocycles. The Balaban J connectivity index is 1.65. The van der Waals surface area contributed by atoms with Crippen LogP contribution in [0.15, 0.2) is 36.5 Å². The summed E-state index contributed by atoms with van der Waals surface area (Å²) < 4.78 is 11.8. The minimum atomic E-state index is -0.298. The lowest BCUT2D eigenvalue weighted by atomic mass is 9.98. The van der Waals surface area contributed by atoms with E-state index in [2.05, 4.69) is 23.9 Å². The molecule has 0 spiro atoms. The Morgan fingerprint density at radius 3 is 2.71 bits per heavy atom. The number of methoxy groups -OCH3 is 1. The van der Waals surface area contributed by atoms with Crippen molar-refractivity contribution < 1.29 is 19.4 Å². The number of ether oxygens (including phenoxy) is 2. The number of pyridine rings is 1. The van der Waals surface area contributed by atoms with Crippen LogP contribution in [-0.2, 0) is 0 Å². The zero-order chi connectivity index (χ0) is 24.9. The van der Waals surface area contributed by atoms with Gasteiger partial charge in [-0.2, -0.15) is 0 Å². The maximum absolute atomic E-state index is 13.7. The van der Waals surface area contributed by atoms with Crippen LogP contribution in [0.2, 0.25) is 0 Å². The van der Waals surface area contributed by atoms with Gasteiger partial charge >= 0.3 is 0 Å². The molecule has 7 heteroatoms. The van der Waals surface area contributed by atoms with E-state index in [-0.39, 0.29) is 30.6 Å². The number of benzene rings is 1. The zero-order valence-electron chi connectivity index (χ0n) is 21.4. The lowest BCUT2D eigenvalue weighted by Crippen LogP contribution is -2.50. The van der Waals surface area contributed by atoms with E-state index >= 15 is 0 Å². The van der Waals surface area contributed by atoms with Gasteiger partial charge in [0.1, 0.15) is 17.4 Å². The van der Waals surface area contributed by atoms with Crippen molar-refractivity contribution in [2.24, 2.45) is 11.8 Å². The van der Waals surface area contributed by atoms with E-state index in [1.807, 2.05) is 37.3 Å². The molecule has 1 fully saturated rings. The second kappa shape index (κ2) is 11.4. The van der Waals surface area contributed by atoms with Crippen LogP contribution in [0.25, 0.3) is 11.1 Å². The highest BCUT2D eigenvalue weighted by atomic mass is 16.5. The summed E-state index contributed by atoms with van der Waals surface area (Å²) in [7, 11) is 3.79. The molecule has 1 aromatic carbocycles. The van der Waals surface area contributed by atoms with Gasteiger partial charge in [0.15, 0.2) is 0 Å². The lowest BCUT2D eigenvalue weighted by molar-refractivity contribution is 0.0320. The quantitative estimate of drug-likeness (QED) is 0.612. The van der Waals surface area contributed by atoms with Crippen LogP contribution in [0.4, 0.5) is 0 Å². The molecule has 3 atom stereocenters. The molecule has 1 aliphatic carbocycles. The van der Waals surface area contributed by atoms with Crippen LogP contribution in [0, 0.1) is 11.8 Å². The average Bonchev–Trinajstić information content (AvgIpc) is 3.38. The molecule has 4 rings (SSSR count). The van der Waals surface area contributed by atoms with Gasteiger partial charge < -0.3 is 24.4 Å². The van der Waals surface area contributed by atoms with Gasteiger partial charge in [0.2, 0.25) is 5.88 Å². The van der Waals surface area contributed by atoms with E-state index in [1.54, 1.807) is 18.2 Å². The number of hydrogen-bond donors (Lipinski definition) is 1. The number of carbonyl (C=O) groups is 1. The fourth-order valence-electron chi connectivity index (χ4n) is 5.30. The molecule has 2 heterocycles. The number of carbonyl (C=O) groups excluding carboxylic acids is 1. The van der Waals surface area contributed by atoms with E-state index in [0.29, 0.717) is 18.0 Å². The van der Waals surface area contributed by atoms with Crippen molar-refractivity contribution in [2.75, 3.05) is 40.4 Å². The lowest BCUT2D eigenvalue weighted by Gasteiger charge is -2.38. The number of amides is 1. The van der Waals surface area contributed by atoms with Crippen LogP contribution < -0.4 is 9.47 Å². The minimum absolute atomic E-state index is 0.0898. The molecule has 190 valence electrons. The predicted octanol–water partition coefficient (Wildman–Crippen LogP) is 4.10. The largest absolute Gasteiger partial charge is 0.497 e. The molecule has 1 amide bonds. The van der Waals surface area contributed by atoms with Gasteiger partial charge in [-0.25, -0.2) is 4.98 Å². The fourth-order valence-corrected chi connectivity index (χ4v) is 5.30. The highest BCUT2D eigenvalue weighted by molar-refractivity contribution is 5.98. The van der Waals surface area contributed by atoms with Crippen LogP contribution >= 0.6 is 0 Å². The van der Waals surface area contributed by atoms with Gasteiger partial charge in [-0.1, -0.05) is 31.9 Å². The second-order valence-corrected chi connectivity index (χ2v) is 10.3. The number of aliphatic hydroxyl groups is 1. The van der Waals surface area contributed by atoms with Gasteiger partial charge in [0.05, 0.1) is 19.8 Å². The Labute approximate surface area is 209 Å². The van der Waals surface area contributed by atoms with Gasteiger partial charge in [-0.3, -0.25) is 4.79 Å². The van der Waals surface area contributed by atoms with Gasteiger partial charge in [0, 0.05) is 37.3 Å². The Morgan fingerprint density at radius 2 is 2.00 bits per heavy atom. The summed E-state index contributed by atoms with van der Waals surface area (Å²) in [5.41, 5.74) is 2.16. The monoisotopic (exact) mass is 481 g/mol. The summed E-state index contributed by atoms with van der Waals surface area (Å²) in [6.45, 7) is 6.26. The first-order valence-corrected chi connectivity index (χ1v) is 12.8. The Hall–Kier alpha value is -2.64. The van der Waals surface area contributed by atoms with Crippen molar-refractivity contribution in [1.29, 1.82) is 0 Å². The number of fused-ring (bicyclic) bond motifs is 1. The summed E-state index contributed by atoms with van der Waals surface area (Å²) in [5.74, 6) is 1.79. The third-order valence-electron chi connectivity index (χ3n) is 7.46. The fraction of sp³-hybridized carbons (Fsp3) is 0.571. The van der Waals surface area contributed by atoms with Crippen molar-refractivity contribution >= 4 is 5.91 Å². The number of likely N-dealkylation sites (N-methyl/N-ethyl adjacent to an activating group) is 1. The molecule has 1 saturated carbocycles. The SMILES string of the molecule is COc1cccc(-c2cnc3c(c2)C(=O)N([C@@H](C)CO)C[C@@H](C)[C@H](CN(C)CC2CCCC2)O3)c1. The molecule has 1 aromatic heterocycles. The molecule has 0 radical (unpaired) electrons. The highest BCUT2D eigenvalue weighted by Gasteiger charge is 2.34. The molecule has 35 heavy (non-hydrogen) atoms. The Kier molecular flexibility index (Phi) is 8.29. The third kappa shape index (κ3) is 5.96. The Morgan fingerprint density at radius 1 is 1.23 bits per heavy atom. The topological polar surface area (TPSA) is 75.1 Å². The Bertz CT molecular complexity index is 1010. The second-order valence-electron chi connectivity index (χ2n) is 10.3. The standard InChI is InChI=1S/C28H39N3O4/c1-19-15-31(20(2)18-32)28(33)25-13-23(22-10-7-11-24(12-22)34-4)14-29-27(25)35-26(19)17-30(3)16-21-8-5-6-9-21/h7,10-14,19-21,26,32H,5-6,8-9,15-18H2,1-4H3/t19-,20+,26+/m1/s1. The summed E-state index contributed by atoms with van der Waals surface area (Å²) in [6, 6.07) is 9.25. The van der Waals surface area contributed by atoms with Crippen LogP contribution in [0.5, 0.6) is 11.6 Å². The average molecular weight is 482 g/mol. The molecule has 0 saturated heterocycles. The minimum Gasteiger partial charge on any atom is -0.497 e. The molecular weight excluding hydrogens is 442 g/mol. The van der Waals surface area contributed by atoms with E-state index in [4.69, 9.17) is 9.47 Å². The van der Waals surface area contributed by atoms with E-state index in [9.17, 15) is 9.90 Å². The molecular formula is C28H39N3O4. The van der Waals surface area contributed by atoms with Crippen molar-refractivity contribution in [1.82, 2.24) is 14.8 Å². The van der Waals surface area contributed by atoms with E-state index in [1.165, 1.54) is 25.7 Å². The normalized spacial score (nSPS) is 21.9. The van der Waals surface area contributed by atoms with E-state index < -0.39 is 0 Å². The summed E-state index contributed by atoms with van der Waals surface area (Å²) >= 11 is 0. The molecule has 2 aromatic rings. The maximum Gasteiger partial charge on any atom is 0.259 e. The first-order valence-electron chi connectivity index (χ1n) is 12.8. The van der Waals surface area contributed by atoms with Crippen LogP contribution in [-0.4, -0.2) is 78.3 Å². The number of rotatable bonds is 8. The summed E-state index contributed by atoms with van der Waals surface area (Å²) in [4.78, 5) is 22.4. The van der Waals surface area contributed by atoms with Crippen molar-refractivity contribution in [3.63, 3.8) is 0 Å². The number of hydrogen-bond acceptors (Lipinski definition) is 6. The van der Waals surface area contributed by atoms with Gasteiger partial charge in [-0.05, 0) is 56.5 Å². The maximum atomic E-state index is 13.7.